The molecule has 2 aliphatic heterocycles. The van der Waals surface area contributed by atoms with Crippen molar-refractivity contribution in [3.8, 4) is 11.5 Å². The maximum absolute atomic E-state index is 13.8. The van der Waals surface area contributed by atoms with E-state index >= 15 is 0 Å². The van der Waals surface area contributed by atoms with Crippen LogP contribution in [0.3, 0.4) is 0 Å². The molecule has 0 fully saturated rings. The smallest absolute Gasteiger partial charge is 0.338 e. The van der Waals surface area contributed by atoms with Crippen LogP contribution in [0.25, 0.3) is 11.8 Å². The van der Waals surface area contributed by atoms with E-state index in [-0.39, 0.29) is 30.3 Å². The number of hydrogen-bond acceptors (Lipinski definition) is 7. The molecule has 0 N–H and O–H groups in total. The Labute approximate surface area is 220 Å². The van der Waals surface area contributed by atoms with E-state index in [0.29, 0.717) is 37.7 Å². The van der Waals surface area contributed by atoms with Crippen molar-refractivity contribution in [3.63, 3.8) is 0 Å². The molecule has 3 aromatic carbocycles. The lowest BCUT2D eigenvalue weighted by Crippen LogP contribution is -2.40. The van der Waals surface area contributed by atoms with Gasteiger partial charge in [0.05, 0.1) is 28.5 Å². The summed E-state index contributed by atoms with van der Waals surface area (Å²) in [4.78, 5) is 32.6. The SMILES string of the molecule is CCOC(=O)C1=C(c2ccccc2)N=c2s/c(=C/c3ccc(F)cc3)c(=O)n2[C@@H]1c1ccc2c(c1)OCO2. The lowest BCUT2D eigenvalue weighted by atomic mass is 9.93. The molecule has 0 aliphatic carbocycles. The first kappa shape index (κ1) is 23.9. The Morgan fingerprint density at radius 3 is 2.63 bits per heavy atom. The van der Waals surface area contributed by atoms with Crippen molar-refractivity contribution in [1.29, 1.82) is 0 Å². The highest BCUT2D eigenvalue weighted by Crippen LogP contribution is 2.40. The van der Waals surface area contributed by atoms with Crippen LogP contribution in [-0.4, -0.2) is 23.9 Å². The Morgan fingerprint density at radius 2 is 1.87 bits per heavy atom. The first-order chi connectivity index (χ1) is 18.5. The number of esters is 1. The topological polar surface area (TPSA) is 79.1 Å². The lowest BCUT2D eigenvalue weighted by molar-refractivity contribution is -0.138. The number of thiazole rings is 1. The van der Waals surface area contributed by atoms with Crippen LogP contribution in [0.1, 0.15) is 29.7 Å². The molecule has 0 spiro atoms. The van der Waals surface area contributed by atoms with Gasteiger partial charge in [-0.3, -0.25) is 9.36 Å². The molecule has 2 aliphatic rings. The Morgan fingerprint density at radius 1 is 1.11 bits per heavy atom. The average molecular weight is 529 g/mol. The minimum Gasteiger partial charge on any atom is -0.463 e. The molecular weight excluding hydrogens is 507 g/mol. The van der Waals surface area contributed by atoms with Crippen LogP contribution in [0.15, 0.2) is 88.2 Å². The van der Waals surface area contributed by atoms with Crippen LogP contribution >= 0.6 is 11.3 Å². The maximum atomic E-state index is 13.8. The van der Waals surface area contributed by atoms with Crippen LogP contribution in [0, 0.1) is 5.82 Å². The van der Waals surface area contributed by atoms with Crippen LogP contribution in [0.2, 0.25) is 0 Å². The Hall–Kier alpha value is -4.50. The van der Waals surface area contributed by atoms with Gasteiger partial charge < -0.3 is 14.2 Å². The van der Waals surface area contributed by atoms with Crippen LogP contribution < -0.4 is 24.4 Å². The Bertz CT molecular complexity index is 1760. The van der Waals surface area contributed by atoms with Gasteiger partial charge in [0.2, 0.25) is 6.79 Å². The van der Waals surface area contributed by atoms with Crippen molar-refractivity contribution in [2.45, 2.75) is 13.0 Å². The van der Waals surface area contributed by atoms with Crippen LogP contribution in [-0.2, 0) is 9.53 Å². The largest absolute Gasteiger partial charge is 0.463 e. The van der Waals surface area contributed by atoms with Gasteiger partial charge in [-0.15, -0.1) is 0 Å². The first-order valence-electron chi connectivity index (χ1n) is 12.0. The van der Waals surface area contributed by atoms with Gasteiger partial charge in [0, 0.05) is 5.56 Å². The highest BCUT2D eigenvalue weighted by molar-refractivity contribution is 7.07. The normalized spacial score (nSPS) is 16.3. The lowest BCUT2D eigenvalue weighted by Gasteiger charge is -2.26. The number of aromatic nitrogens is 1. The summed E-state index contributed by atoms with van der Waals surface area (Å²) < 4.78 is 31.9. The van der Waals surface area contributed by atoms with Gasteiger partial charge in [-0.2, -0.15) is 0 Å². The molecule has 0 unspecified atom stereocenters. The van der Waals surface area contributed by atoms with E-state index in [1.165, 1.54) is 28.0 Å². The number of halogens is 1. The predicted octanol–water partition coefficient (Wildman–Crippen LogP) is 3.80. The summed E-state index contributed by atoms with van der Waals surface area (Å²) in [5.41, 5.74) is 2.39. The number of ether oxygens (including phenoxy) is 3. The number of fused-ring (bicyclic) bond motifs is 2. The fourth-order valence-electron chi connectivity index (χ4n) is 4.55. The van der Waals surface area contributed by atoms with Crippen molar-refractivity contribution < 1.29 is 23.4 Å². The monoisotopic (exact) mass is 528 g/mol. The average Bonchev–Trinajstić information content (AvgIpc) is 3.53. The minimum atomic E-state index is -0.828. The number of benzene rings is 3. The highest BCUT2D eigenvalue weighted by Gasteiger charge is 2.36. The van der Waals surface area contributed by atoms with E-state index in [2.05, 4.69) is 0 Å². The summed E-state index contributed by atoms with van der Waals surface area (Å²) in [6.45, 7) is 1.98. The molecule has 0 bridgehead atoms. The second kappa shape index (κ2) is 9.75. The summed E-state index contributed by atoms with van der Waals surface area (Å²) in [6, 6.07) is 19.7. The Balaban J connectivity index is 1.64. The van der Waals surface area contributed by atoms with Gasteiger partial charge in [-0.05, 0) is 48.4 Å². The van der Waals surface area contributed by atoms with Gasteiger partial charge in [0.1, 0.15) is 5.82 Å². The molecule has 1 atom stereocenters. The predicted molar refractivity (Wildman–Crippen MR) is 140 cm³/mol. The molecule has 0 saturated carbocycles. The van der Waals surface area contributed by atoms with E-state index in [9.17, 15) is 14.0 Å². The van der Waals surface area contributed by atoms with E-state index in [0.717, 1.165) is 5.56 Å². The zero-order valence-corrected chi connectivity index (χ0v) is 21.0. The third-order valence-corrected chi connectivity index (χ3v) is 7.24. The fourth-order valence-corrected chi connectivity index (χ4v) is 5.55. The van der Waals surface area contributed by atoms with Crippen molar-refractivity contribution in [2.24, 2.45) is 4.99 Å². The summed E-state index contributed by atoms with van der Waals surface area (Å²) in [7, 11) is 0. The molecule has 0 radical (unpaired) electrons. The van der Waals surface area contributed by atoms with Crippen LogP contribution in [0.5, 0.6) is 11.5 Å². The second-order valence-electron chi connectivity index (χ2n) is 8.60. The molecular formula is C29H21FN2O5S. The summed E-state index contributed by atoms with van der Waals surface area (Å²) in [6.07, 6.45) is 1.69. The quantitative estimate of drug-likeness (QED) is 0.368. The zero-order valence-electron chi connectivity index (χ0n) is 20.2. The minimum absolute atomic E-state index is 0.0923. The van der Waals surface area contributed by atoms with E-state index in [4.69, 9.17) is 19.2 Å². The van der Waals surface area contributed by atoms with Crippen molar-refractivity contribution in [2.75, 3.05) is 13.4 Å². The number of carbonyl (C=O) groups excluding carboxylic acids is 1. The molecule has 38 heavy (non-hydrogen) atoms. The summed E-state index contributed by atoms with van der Waals surface area (Å²) in [5, 5.41) is 0. The van der Waals surface area contributed by atoms with Crippen molar-refractivity contribution >= 4 is 29.1 Å². The van der Waals surface area contributed by atoms with Crippen molar-refractivity contribution in [3.05, 3.63) is 121 Å². The Kier molecular flexibility index (Phi) is 6.13. The fraction of sp³-hybridized carbons (Fsp3) is 0.138. The molecule has 4 aromatic rings. The third kappa shape index (κ3) is 4.20. The number of hydrogen-bond donors (Lipinski definition) is 0. The third-order valence-electron chi connectivity index (χ3n) is 6.25. The number of carbonyl (C=O) groups is 1. The molecule has 6 rings (SSSR count). The maximum Gasteiger partial charge on any atom is 0.338 e. The summed E-state index contributed by atoms with van der Waals surface area (Å²) >= 11 is 1.20. The van der Waals surface area contributed by atoms with E-state index < -0.39 is 12.0 Å². The number of rotatable bonds is 5. The molecule has 1 aromatic heterocycles. The summed E-state index contributed by atoms with van der Waals surface area (Å²) in [5.74, 6) is 0.184. The van der Waals surface area contributed by atoms with Crippen molar-refractivity contribution in [1.82, 2.24) is 4.57 Å². The molecule has 7 nitrogen and oxygen atoms in total. The van der Waals surface area contributed by atoms with E-state index in [1.54, 1.807) is 37.3 Å². The molecule has 0 saturated heterocycles. The first-order valence-corrected chi connectivity index (χ1v) is 12.8. The standard InChI is InChI=1S/C29H21FN2O5S/c1-2-35-28(34)24-25(18-6-4-3-5-7-18)31-29-32(26(24)19-10-13-21-22(15-19)37-16-36-21)27(33)23(38-29)14-17-8-11-20(30)12-9-17/h3-15,26H,2,16H2,1H3/b23-14+/t26-/m1/s1. The van der Waals surface area contributed by atoms with Gasteiger partial charge in [0.25, 0.3) is 5.56 Å². The van der Waals surface area contributed by atoms with Gasteiger partial charge in [0.15, 0.2) is 16.3 Å². The molecule has 9 heteroatoms. The molecule has 190 valence electrons. The number of nitrogens with zero attached hydrogens (tertiary/aromatic N) is 2. The van der Waals surface area contributed by atoms with Gasteiger partial charge in [-0.1, -0.05) is 59.9 Å². The van der Waals surface area contributed by atoms with Crippen LogP contribution in [0.4, 0.5) is 4.39 Å². The highest BCUT2D eigenvalue weighted by atomic mass is 32.1. The molecule has 3 heterocycles. The zero-order chi connectivity index (χ0) is 26.2. The van der Waals surface area contributed by atoms with E-state index in [1.807, 2.05) is 36.4 Å². The molecule has 0 amide bonds. The van der Waals surface area contributed by atoms with Gasteiger partial charge >= 0.3 is 5.97 Å². The second-order valence-corrected chi connectivity index (χ2v) is 9.60. The van der Waals surface area contributed by atoms with Gasteiger partial charge in [-0.25, -0.2) is 14.2 Å².